The fourth-order valence-corrected chi connectivity index (χ4v) is 5.14. The normalized spacial score (nSPS) is 12.9. The summed E-state index contributed by atoms with van der Waals surface area (Å²) in [6.45, 7) is 2.48. The van der Waals surface area contributed by atoms with Crippen LogP contribution in [0.1, 0.15) is 41.2 Å². The number of carboxylic acid groups (broad SMARTS) is 1. The lowest BCUT2D eigenvalue weighted by Gasteiger charge is -2.26. The largest absolute Gasteiger partial charge is 0.496 e. The lowest BCUT2D eigenvalue weighted by molar-refractivity contribution is -0.136. The van der Waals surface area contributed by atoms with E-state index in [1.807, 2.05) is 67.7 Å². The number of para-hydroxylation sites is 1. The van der Waals surface area contributed by atoms with E-state index in [0.717, 1.165) is 46.9 Å². The summed E-state index contributed by atoms with van der Waals surface area (Å²) < 4.78 is 13.2. The summed E-state index contributed by atoms with van der Waals surface area (Å²) in [5.74, 6) is 0.369. The Morgan fingerprint density at radius 2 is 1.62 bits per heavy atom. The third kappa shape index (κ3) is 6.15. The Labute approximate surface area is 218 Å². The van der Waals surface area contributed by atoms with E-state index in [-0.39, 0.29) is 12.3 Å². The second kappa shape index (κ2) is 12.0. The van der Waals surface area contributed by atoms with Crippen LogP contribution in [-0.4, -0.2) is 35.0 Å². The SMILES string of the molecule is COc1cc(C(O)[C@H](CCCc2ccccc2)Cn2cc(CC(=O)O)c3ccccc32)cc(OC)c1C. The van der Waals surface area contributed by atoms with Crippen molar-refractivity contribution >= 4 is 16.9 Å². The number of nitrogens with zero attached hydrogens (tertiary/aromatic N) is 1. The van der Waals surface area contributed by atoms with Gasteiger partial charge in [0, 0.05) is 35.1 Å². The number of hydrogen-bond donors (Lipinski definition) is 2. The fraction of sp³-hybridized carbons (Fsp3) is 0.323. The van der Waals surface area contributed by atoms with Gasteiger partial charge >= 0.3 is 5.97 Å². The van der Waals surface area contributed by atoms with Gasteiger partial charge in [-0.3, -0.25) is 4.79 Å². The smallest absolute Gasteiger partial charge is 0.307 e. The second-order valence-corrected chi connectivity index (χ2v) is 9.53. The monoisotopic (exact) mass is 501 g/mol. The maximum absolute atomic E-state index is 11.7. The van der Waals surface area contributed by atoms with Gasteiger partial charge in [0.05, 0.1) is 26.7 Å². The molecule has 2 N–H and O–H groups in total. The molecule has 0 spiro atoms. The number of ether oxygens (including phenoxy) is 2. The molecule has 1 unspecified atom stereocenters. The van der Waals surface area contributed by atoms with Gasteiger partial charge in [0.25, 0.3) is 0 Å². The highest BCUT2D eigenvalue weighted by Crippen LogP contribution is 2.37. The molecule has 4 aromatic rings. The number of benzene rings is 3. The van der Waals surface area contributed by atoms with Gasteiger partial charge in [0.15, 0.2) is 0 Å². The zero-order valence-electron chi connectivity index (χ0n) is 21.7. The maximum Gasteiger partial charge on any atom is 0.307 e. The second-order valence-electron chi connectivity index (χ2n) is 9.53. The molecule has 6 nitrogen and oxygen atoms in total. The summed E-state index contributed by atoms with van der Waals surface area (Å²) in [5.41, 5.74) is 4.64. The zero-order chi connectivity index (χ0) is 26.4. The third-order valence-corrected chi connectivity index (χ3v) is 7.09. The molecule has 0 aliphatic rings. The Kier molecular flexibility index (Phi) is 8.51. The first-order chi connectivity index (χ1) is 17.9. The Morgan fingerprint density at radius 3 is 2.27 bits per heavy atom. The molecule has 0 fully saturated rings. The van der Waals surface area contributed by atoms with Gasteiger partial charge in [-0.15, -0.1) is 0 Å². The van der Waals surface area contributed by atoms with E-state index in [0.29, 0.717) is 18.0 Å². The van der Waals surface area contributed by atoms with Gasteiger partial charge in [-0.2, -0.15) is 0 Å². The van der Waals surface area contributed by atoms with Crippen LogP contribution in [-0.2, 0) is 24.2 Å². The lowest BCUT2D eigenvalue weighted by Crippen LogP contribution is -2.19. The van der Waals surface area contributed by atoms with Gasteiger partial charge in [0.1, 0.15) is 11.5 Å². The minimum atomic E-state index is -0.860. The van der Waals surface area contributed by atoms with Crippen molar-refractivity contribution in [3.63, 3.8) is 0 Å². The van der Waals surface area contributed by atoms with Crippen LogP contribution in [0.2, 0.25) is 0 Å². The molecule has 0 amide bonds. The molecule has 3 aromatic carbocycles. The summed E-state index contributed by atoms with van der Waals surface area (Å²) in [7, 11) is 3.23. The summed E-state index contributed by atoms with van der Waals surface area (Å²) in [5, 5.41) is 22.0. The molecule has 0 bridgehead atoms. The summed E-state index contributed by atoms with van der Waals surface area (Å²) >= 11 is 0. The number of hydrogen-bond acceptors (Lipinski definition) is 4. The lowest BCUT2D eigenvalue weighted by atomic mass is 9.89. The van der Waals surface area contributed by atoms with Crippen LogP contribution in [0.4, 0.5) is 0 Å². The van der Waals surface area contributed by atoms with Crippen LogP contribution in [0.3, 0.4) is 0 Å². The van der Waals surface area contributed by atoms with Crippen molar-refractivity contribution in [1.29, 1.82) is 0 Å². The van der Waals surface area contributed by atoms with Crippen LogP contribution >= 0.6 is 0 Å². The van der Waals surface area contributed by atoms with Gasteiger partial charge in [-0.05, 0) is 61.1 Å². The van der Waals surface area contributed by atoms with Crippen LogP contribution in [0, 0.1) is 12.8 Å². The number of aryl methyl sites for hydroxylation is 1. The molecule has 194 valence electrons. The molecule has 2 atom stereocenters. The highest BCUT2D eigenvalue weighted by molar-refractivity contribution is 5.87. The molecule has 0 aliphatic carbocycles. The molecule has 6 heteroatoms. The average molecular weight is 502 g/mol. The molecule has 37 heavy (non-hydrogen) atoms. The fourth-order valence-electron chi connectivity index (χ4n) is 5.14. The van der Waals surface area contributed by atoms with Crippen LogP contribution in [0.5, 0.6) is 11.5 Å². The Bertz CT molecular complexity index is 1320. The van der Waals surface area contributed by atoms with Gasteiger partial charge in [-0.1, -0.05) is 48.5 Å². The molecule has 1 heterocycles. The van der Waals surface area contributed by atoms with E-state index in [9.17, 15) is 15.0 Å². The standard InChI is InChI=1S/C31H35NO5/c1-21-28(36-2)16-24(17-29(21)37-3)31(35)23(13-9-12-22-10-5-4-6-11-22)19-32-20-25(18-30(33)34)26-14-7-8-15-27(26)32/h4-8,10-11,14-17,20,23,31,35H,9,12-13,18-19H2,1-3H3,(H,33,34)/t23-,31?/m1/s1. The Hall–Kier alpha value is -3.77. The number of rotatable bonds is 12. The topological polar surface area (TPSA) is 80.9 Å². The van der Waals surface area contributed by atoms with Crippen molar-refractivity contribution in [2.24, 2.45) is 5.92 Å². The Balaban J connectivity index is 1.67. The third-order valence-electron chi connectivity index (χ3n) is 7.09. The molecular formula is C31H35NO5. The van der Waals surface area contributed by atoms with Crippen LogP contribution in [0.25, 0.3) is 10.9 Å². The highest BCUT2D eigenvalue weighted by atomic mass is 16.5. The first kappa shape index (κ1) is 26.3. The molecule has 4 rings (SSSR count). The summed E-state index contributed by atoms with van der Waals surface area (Å²) in [6, 6.07) is 22.0. The van der Waals surface area contributed by atoms with E-state index in [1.165, 1.54) is 5.56 Å². The quantitative estimate of drug-likeness (QED) is 0.250. The predicted molar refractivity (Wildman–Crippen MR) is 145 cm³/mol. The van der Waals surface area contributed by atoms with Crippen molar-refractivity contribution in [1.82, 2.24) is 4.57 Å². The molecular weight excluding hydrogens is 466 g/mol. The van der Waals surface area contributed by atoms with Crippen molar-refractivity contribution < 1.29 is 24.5 Å². The Morgan fingerprint density at radius 1 is 0.973 bits per heavy atom. The van der Waals surface area contributed by atoms with Gasteiger partial charge in [0.2, 0.25) is 0 Å². The number of aliphatic hydroxyl groups is 1. The summed E-state index contributed by atoms with van der Waals surface area (Å²) in [4.78, 5) is 11.5. The average Bonchev–Trinajstić information content (AvgIpc) is 3.24. The molecule has 1 aromatic heterocycles. The number of aliphatic carboxylic acids is 1. The maximum atomic E-state index is 11.7. The van der Waals surface area contributed by atoms with E-state index < -0.39 is 12.1 Å². The molecule has 0 saturated carbocycles. The van der Waals surface area contributed by atoms with E-state index in [4.69, 9.17) is 9.47 Å². The van der Waals surface area contributed by atoms with Gasteiger partial charge in [-0.25, -0.2) is 0 Å². The minimum absolute atomic E-state index is 0.0406. The first-order valence-electron chi connectivity index (χ1n) is 12.6. The highest BCUT2D eigenvalue weighted by Gasteiger charge is 2.25. The zero-order valence-corrected chi connectivity index (χ0v) is 21.7. The number of fused-ring (bicyclic) bond motifs is 1. The van der Waals surface area contributed by atoms with E-state index >= 15 is 0 Å². The van der Waals surface area contributed by atoms with Crippen molar-refractivity contribution in [2.75, 3.05) is 14.2 Å². The van der Waals surface area contributed by atoms with Crippen molar-refractivity contribution in [3.8, 4) is 11.5 Å². The molecule has 0 aliphatic heterocycles. The number of methoxy groups -OCH3 is 2. The molecule has 0 saturated heterocycles. The molecule has 0 radical (unpaired) electrons. The van der Waals surface area contributed by atoms with E-state index in [1.54, 1.807) is 14.2 Å². The minimum Gasteiger partial charge on any atom is -0.496 e. The van der Waals surface area contributed by atoms with E-state index in [2.05, 4.69) is 16.7 Å². The van der Waals surface area contributed by atoms with Crippen molar-refractivity contribution in [3.05, 3.63) is 95.2 Å². The van der Waals surface area contributed by atoms with Crippen molar-refractivity contribution in [2.45, 2.75) is 45.3 Å². The number of aromatic nitrogens is 1. The summed E-state index contributed by atoms with van der Waals surface area (Å²) in [6.07, 6.45) is 3.74. The van der Waals surface area contributed by atoms with Crippen LogP contribution < -0.4 is 9.47 Å². The van der Waals surface area contributed by atoms with Gasteiger partial charge < -0.3 is 24.3 Å². The number of carboxylic acids is 1. The number of aliphatic hydroxyl groups excluding tert-OH is 1. The van der Waals surface area contributed by atoms with Crippen LogP contribution in [0.15, 0.2) is 72.9 Å². The predicted octanol–water partition coefficient (Wildman–Crippen LogP) is 5.97. The number of carbonyl (C=O) groups is 1. The first-order valence-corrected chi connectivity index (χ1v) is 12.6.